The highest BCUT2D eigenvalue weighted by atomic mass is 16.5. The highest BCUT2D eigenvalue weighted by Gasteiger charge is 2.19. The van der Waals surface area contributed by atoms with Crippen LogP contribution in [0.1, 0.15) is 67.2 Å². The molecule has 0 heterocycles. The van der Waals surface area contributed by atoms with Gasteiger partial charge in [-0.2, -0.15) is 0 Å². The summed E-state index contributed by atoms with van der Waals surface area (Å²) in [5.41, 5.74) is 5.66. The summed E-state index contributed by atoms with van der Waals surface area (Å²) < 4.78 is 5.52. The van der Waals surface area contributed by atoms with Crippen LogP contribution in [0.25, 0.3) is 11.6 Å². The van der Waals surface area contributed by atoms with Crippen LogP contribution < -0.4 is 4.74 Å². The van der Waals surface area contributed by atoms with Crippen LogP contribution in [-0.4, -0.2) is 18.2 Å². The third kappa shape index (κ3) is 4.34. The highest BCUT2D eigenvalue weighted by molar-refractivity contribution is 5.90. The van der Waals surface area contributed by atoms with Crippen LogP contribution in [-0.2, 0) is 11.8 Å². The van der Waals surface area contributed by atoms with E-state index < -0.39 is 5.97 Å². The summed E-state index contributed by atoms with van der Waals surface area (Å²) in [6.07, 6.45) is 2.79. The van der Waals surface area contributed by atoms with Crippen LogP contribution in [0, 0.1) is 0 Å². The Labute approximate surface area is 156 Å². The van der Waals surface area contributed by atoms with Gasteiger partial charge in [0.15, 0.2) is 0 Å². The van der Waals surface area contributed by atoms with Gasteiger partial charge >= 0.3 is 5.97 Å². The topological polar surface area (TPSA) is 46.5 Å². The Morgan fingerprint density at radius 2 is 1.85 bits per heavy atom. The fourth-order valence-electron chi connectivity index (χ4n) is 3.08. The van der Waals surface area contributed by atoms with E-state index in [1.165, 1.54) is 5.56 Å². The molecule has 0 unspecified atom stereocenters. The molecule has 0 fully saturated rings. The van der Waals surface area contributed by atoms with E-state index in [0.717, 1.165) is 28.0 Å². The molecule has 2 aromatic rings. The zero-order chi connectivity index (χ0) is 19.5. The smallest absolute Gasteiger partial charge is 0.335 e. The molecule has 138 valence electrons. The van der Waals surface area contributed by atoms with Gasteiger partial charge in [-0.1, -0.05) is 52.0 Å². The molecule has 3 nitrogen and oxygen atoms in total. The Morgan fingerprint density at radius 1 is 1.15 bits per heavy atom. The van der Waals surface area contributed by atoms with E-state index >= 15 is 0 Å². The number of hydrogen-bond acceptors (Lipinski definition) is 2. The predicted octanol–water partition coefficient (Wildman–Crippen LogP) is 5.81. The molecular formula is C23H28O3. The molecule has 0 aliphatic carbocycles. The first kappa shape index (κ1) is 19.8. The summed E-state index contributed by atoms with van der Waals surface area (Å²) in [5.74, 6) is 0.0206. The molecule has 2 rings (SSSR count). The van der Waals surface area contributed by atoms with E-state index in [9.17, 15) is 9.90 Å². The lowest BCUT2D eigenvalue weighted by Crippen LogP contribution is -2.13. The molecular weight excluding hydrogens is 324 g/mol. The molecule has 0 atom stereocenters. The lowest BCUT2D eigenvalue weighted by atomic mass is 9.84. The van der Waals surface area contributed by atoms with E-state index in [-0.39, 0.29) is 5.41 Å². The number of methoxy groups -OCH3 is 1. The van der Waals surface area contributed by atoms with E-state index in [4.69, 9.17) is 4.74 Å². The van der Waals surface area contributed by atoms with Crippen LogP contribution in [0.3, 0.4) is 0 Å². The number of aromatic carboxylic acids is 1. The van der Waals surface area contributed by atoms with Gasteiger partial charge in [0.1, 0.15) is 5.75 Å². The van der Waals surface area contributed by atoms with Crippen molar-refractivity contribution in [2.75, 3.05) is 7.11 Å². The third-order valence-electron chi connectivity index (χ3n) is 4.59. The molecule has 0 radical (unpaired) electrons. The first-order valence-electron chi connectivity index (χ1n) is 8.90. The van der Waals surface area contributed by atoms with E-state index in [0.29, 0.717) is 12.0 Å². The van der Waals surface area contributed by atoms with Crippen molar-refractivity contribution >= 4 is 17.6 Å². The van der Waals surface area contributed by atoms with Crippen molar-refractivity contribution in [1.29, 1.82) is 0 Å². The van der Waals surface area contributed by atoms with Crippen LogP contribution >= 0.6 is 0 Å². The normalized spacial score (nSPS) is 12.2. The summed E-state index contributed by atoms with van der Waals surface area (Å²) in [4.78, 5) is 11.3. The van der Waals surface area contributed by atoms with Gasteiger partial charge < -0.3 is 9.84 Å². The number of carboxylic acid groups (broad SMARTS) is 1. The lowest BCUT2D eigenvalue weighted by Gasteiger charge is -2.23. The number of allylic oxidation sites excluding steroid dienone is 1. The second-order valence-electron chi connectivity index (χ2n) is 7.57. The Bertz CT molecular complexity index is 839. The first-order valence-corrected chi connectivity index (χ1v) is 8.90. The van der Waals surface area contributed by atoms with Crippen molar-refractivity contribution in [3.63, 3.8) is 0 Å². The molecule has 0 aliphatic heterocycles. The Hall–Kier alpha value is -2.55. The predicted molar refractivity (Wildman–Crippen MR) is 108 cm³/mol. The zero-order valence-corrected chi connectivity index (χ0v) is 16.5. The lowest BCUT2D eigenvalue weighted by molar-refractivity contribution is 0.0695. The summed E-state index contributed by atoms with van der Waals surface area (Å²) in [6.45, 7) is 10.6. The van der Waals surface area contributed by atoms with Crippen LogP contribution in [0.15, 0.2) is 36.4 Å². The highest BCUT2D eigenvalue weighted by Crippen LogP contribution is 2.34. The summed E-state index contributed by atoms with van der Waals surface area (Å²) >= 11 is 0. The first-order chi connectivity index (χ1) is 12.2. The van der Waals surface area contributed by atoms with Gasteiger partial charge in [-0.3, -0.25) is 0 Å². The van der Waals surface area contributed by atoms with Gasteiger partial charge in [-0.25, -0.2) is 4.79 Å². The zero-order valence-electron chi connectivity index (χ0n) is 16.5. The van der Waals surface area contributed by atoms with Crippen molar-refractivity contribution in [2.24, 2.45) is 0 Å². The molecule has 0 aliphatic rings. The van der Waals surface area contributed by atoms with E-state index in [1.54, 1.807) is 13.2 Å². The molecule has 0 spiro atoms. The summed E-state index contributed by atoms with van der Waals surface area (Å²) in [5, 5.41) is 9.28. The van der Waals surface area contributed by atoms with Gasteiger partial charge in [0, 0.05) is 5.56 Å². The minimum absolute atomic E-state index is 0.0137. The van der Waals surface area contributed by atoms with Gasteiger partial charge in [0.05, 0.1) is 12.7 Å². The molecule has 26 heavy (non-hydrogen) atoms. The molecule has 0 saturated carbocycles. The second kappa shape index (κ2) is 7.77. The molecule has 0 aromatic heterocycles. The Morgan fingerprint density at radius 3 is 2.38 bits per heavy atom. The monoisotopic (exact) mass is 352 g/mol. The maximum Gasteiger partial charge on any atom is 0.335 e. The average molecular weight is 352 g/mol. The SMILES string of the molecule is CCc1cc(C=C(C)c2ccc(OC)c(C(C)(C)C)c2)ccc1C(=O)O. The van der Waals surface area contributed by atoms with Gasteiger partial charge in [-0.15, -0.1) is 0 Å². The number of rotatable bonds is 5. The largest absolute Gasteiger partial charge is 0.496 e. The molecule has 3 heteroatoms. The van der Waals surface area contributed by atoms with Crippen molar-refractivity contribution in [3.05, 3.63) is 64.2 Å². The van der Waals surface area contributed by atoms with E-state index in [1.807, 2.05) is 25.1 Å². The number of benzene rings is 2. The quantitative estimate of drug-likeness (QED) is 0.690. The number of carbonyl (C=O) groups is 1. The minimum Gasteiger partial charge on any atom is -0.496 e. The molecule has 0 bridgehead atoms. The third-order valence-corrected chi connectivity index (χ3v) is 4.59. The average Bonchev–Trinajstić information content (AvgIpc) is 2.59. The number of ether oxygens (including phenoxy) is 1. The molecule has 1 N–H and O–H groups in total. The van der Waals surface area contributed by atoms with Crippen LogP contribution in [0.4, 0.5) is 0 Å². The van der Waals surface area contributed by atoms with Gasteiger partial charge in [0.25, 0.3) is 0 Å². The summed E-state index contributed by atoms with van der Waals surface area (Å²) in [6, 6.07) is 11.8. The number of carboxylic acids is 1. The Balaban J connectivity index is 2.46. The van der Waals surface area contributed by atoms with Crippen molar-refractivity contribution < 1.29 is 14.6 Å². The van der Waals surface area contributed by atoms with Crippen molar-refractivity contribution in [1.82, 2.24) is 0 Å². The number of hydrogen-bond donors (Lipinski definition) is 1. The molecule has 0 amide bonds. The van der Waals surface area contributed by atoms with Crippen LogP contribution in [0.2, 0.25) is 0 Å². The molecule has 0 saturated heterocycles. The van der Waals surface area contributed by atoms with Crippen LogP contribution in [0.5, 0.6) is 5.75 Å². The Kier molecular flexibility index (Phi) is 5.91. The maximum absolute atomic E-state index is 11.3. The number of aryl methyl sites for hydroxylation is 1. The fraction of sp³-hybridized carbons (Fsp3) is 0.348. The fourth-order valence-corrected chi connectivity index (χ4v) is 3.08. The van der Waals surface area contributed by atoms with E-state index in [2.05, 4.69) is 45.9 Å². The van der Waals surface area contributed by atoms with Crippen molar-refractivity contribution in [3.8, 4) is 5.75 Å². The summed E-state index contributed by atoms with van der Waals surface area (Å²) in [7, 11) is 1.70. The minimum atomic E-state index is -0.876. The van der Waals surface area contributed by atoms with Gasteiger partial charge in [-0.05, 0) is 59.2 Å². The van der Waals surface area contributed by atoms with Crippen molar-refractivity contribution in [2.45, 2.75) is 46.5 Å². The second-order valence-corrected chi connectivity index (χ2v) is 7.57. The van der Waals surface area contributed by atoms with Gasteiger partial charge in [0.2, 0.25) is 0 Å². The maximum atomic E-state index is 11.3. The standard InChI is InChI=1S/C23H28O3/c1-7-17-13-16(8-10-19(17)22(24)25)12-15(2)18-9-11-21(26-6)20(14-18)23(3,4)5/h8-14H,7H2,1-6H3,(H,24,25). The molecule has 2 aromatic carbocycles.